The molecule has 1 heterocycles. The number of nitrogens with zero attached hydrogens (tertiary/aromatic N) is 1. The summed E-state index contributed by atoms with van der Waals surface area (Å²) < 4.78 is 2.46. The van der Waals surface area contributed by atoms with Gasteiger partial charge in [-0.1, -0.05) is 43.5 Å². The van der Waals surface area contributed by atoms with E-state index in [1.54, 1.807) is 0 Å². The van der Waals surface area contributed by atoms with E-state index in [4.69, 9.17) is 5.73 Å². The van der Waals surface area contributed by atoms with Crippen molar-refractivity contribution in [3.05, 3.63) is 48.0 Å². The molecule has 0 atom stereocenters. The van der Waals surface area contributed by atoms with Gasteiger partial charge in [-0.05, 0) is 50.5 Å². The summed E-state index contributed by atoms with van der Waals surface area (Å²) in [5, 5.41) is 2.75. The molecule has 24 heavy (non-hydrogen) atoms. The predicted molar refractivity (Wildman–Crippen MR) is 104 cm³/mol. The van der Waals surface area contributed by atoms with Crippen LogP contribution in [0.25, 0.3) is 21.8 Å². The van der Waals surface area contributed by atoms with Crippen molar-refractivity contribution in [3.63, 3.8) is 0 Å². The summed E-state index contributed by atoms with van der Waals surface area (Å²) in [5.74, 6) is 0. The lowest BCUT2D eigenvalue weighted by Crippen LogP contribution is -2.37. The summed E-state index contributed by atoms with van der Waals surface area (Å²) in [6.07, 6.45) is 6.44. The van der Waals surface area contributed by atoms with Gasteiger partial charge in [-0.3, -0.25) is 0 Å². The zero-order chi connectivity index (χ0) is 16.7. The minimum atomic E-state index is 0.188. The molecule has 0 saturated heterocycles. The molecule has 4 rings (SSSR count). The maximum Gasteiger partial charge on any atom is 0.0494 e. The van der Waals surface area contributed by atoms with Crippen molar-refractivity contribution in [2.24, 2.45) is 5.73 Å². The van der Waals surface area contributed by atoms with Crippen LogP contribution in [0.15, 0.2) is 42.5 Å². The van der Waals surface area contributed by atoms with E-state index in [1.165, 1.54) is 59.5 Å². The standard InChI is InChI=1S/C22H28N2/c1-16(2)24-20-9-5-4-8-18(20)19-14-17(10-11-21(19)24)22(15-23)12-6-3-7-13-22/h4-5,8-11,14,16H,3,6-7,12-13,15,23H2,1-2H3. The summed E-state index contributed by atoms with van der Waals surface area (Å²) in [4.78, 5) is 0. The normalized spacial score (nSPS) is 17.8. The molecule has 1 aliphatic carbocycles. The monoisotopic (exact) mass is 320 g/mol. The van der Waals surface area contributed by atoms with Crippen molar-refractivity contribution in [3.8, 4) is 0 Å². The van der Waals surface area contributed by atoms with Crippen molar-refractivity contribution in [1.82, 2.24) is 4.57 Å². The smallest absolute Gasteiger partial charge is 0.0494 e. The van der Waals surface area contributed by atoms with Crippen molar-refractivity contribution in [2.45, 2.75) is 57.4 Å². The highest BCUT2D eigenvalue weighted by atomic mass is 15.0. The minimum Gasteiger partial charge on any atom is -0.338 e. The Morgan fingerprint density at radius 2 is 1.67 bits per heavy atom. The summed E-state index contributed by atoms with van der Waals surface area (Å²) in [6.45, 7) is 5.30. The van der Waals surface area contributed by atoms with Gasteiger partial charge in [0.15, 0.2) is 0 Å². The Bertz CT molecular complexity index is 866. The Balaban J connectivity index is 1.97. The van der Waals surface area contributed by atoms with Gasteiger partial charge in [0, 0.05) is 39.8 Å². The van der Waals surface area contributed by atoms with Gasteiger partial charge in [0.1, 0.15) is 0 Å². The number of hydrogen-bond donors (Lipinski definition) is 1. The molecule has 1 aliphatic rings. The molecule has 2 nitrogen and oxygen atoms in total. The van der Waals surface area contributed by atoms with Crippen molar-refractivity contribution in [1.29, 1.82) is 0 Å². The number of aromatic nitrogens is 1. The van der Waals surface area contributed by atoms with Crippen molar-refractivity contribution < 1.29 is 0 Å². The molecule has 126 valence electrons. The van der Waals surface area contributed by atoms with Crippen molar-refractivity contribution in [2.75, 3.05) is 6.54 Å². The van der Waals surface area contributed by atoms with Crippen LogP contribution < -0.4 is 5.73 Å². The highest BCUT2D eigenvalue weighted by molar-refractivity contribution is 6.08. The number of hydrogen-bond acceptors (Lipinski definition) is 1. The molecule has 0 amide bonds. The molecular formula is C22H28N2. The Hall–Kier alpha value is -1.80. The van der Waals surface area contributed by atoms with Gasteiger partial charge < -0.3 is 10.3 Å². The molecule has 1 aromatic heterocycles. The second-order valence-electron chi connectivity index (χ2n) is 7.76. The molecule has 2 N–H and O–H groups in total. The Kier molecular flexibility index (Phi) is 3.88. The van der Waals surface area contributed by atoms with Crippen LogP contribution in [-0.2, 0) is 5.41 Å². The molecule has 2 aromatic carbocycles. The van der Waals surface area contributed by atoms with Crippen LogP contribution in [-0.4, -0.2) is 11.1 Å². The summed E-state index contributed by atoms with van der Waals surface area (Å²) in [6, 6.07) is 16.4. The van der Waals surface area contributed by atoms with Crippen LogP contribution in [0.3, 0.4) is 0 Å². The minimum absolute atomic E-state index is 0.188. The highest BCUT2D eigenvalue weighted by Crippen LogP contribution is 2.41. The van der Waals surface area contributed by atoms with Crippen LogP contribution in [0.5, 0.6) is 0 Å². The molecular weight excluding hydrogens is 292 g/mol. The van der Waals surface area contributed by atoms with Gasteiger partial charge in [-0.15, -0.1) is 0 Å². The molecule has 1 fully saturated rings. The van der Waals surface area contributed by atoms with Gasteiger partial charge in [-0.25, -0.2) is 0 Å². The molecule has 0 unspecified atom stereocenters. The molecule has 2 heteroatoms. The predicted octanol–water partition coefficient (Wildman–Crippen LogP) is 5.54. The number of nitrogens with two attached hydrogens (primary N) is 1. The molecule has 3 aromatic rings. The average molecular weight is 320 g/mol. The Labute approximate surface area is 144 Å². The van der Waals surface area contributed by atoms with E-state index < -0.39 is 0 Å². The fourth-order valence-electron chi connectivity index (χ4n) is 4.73. The van der Waals surface area contributed by atoms with Crippen molar-refractivity contribution >= 4 is 21.8 Å². The number of rotatable bonds is 3. The number of para-hydroxylation sites is 1. The van der Waals surface area contributed by atoms with Gasteiger partial charge in [-0.2, -0.15) is 0 Å². The third-order valence-electron chi connectivity index (χ3n) is 6.04. The molecule has 0 bridgehead atoms. The lowest BCUT2D eigenvalue weighted by atomic mass is 9.69. The maximum atomic E-state index is 6.28. The second kappa shape index (κ2) is 5.93. The molecule has 0 spiro atoms. The first-order valence-corrected chi connectivity index (χ1v) is 9.39. The molecule has 0 radical (unpaired) electrons. The lowest BCUT2D eigenvalue weighted by Gasteiger charge is -2.37. The quantitative estimate of drug-likeness (QED) is 0.675. The zero-order valence-corrected chi connectivity index (χ0v) is 14.9. The van der Waals surface area contributed by atoms with Gasteiger partial charge in [0.2, 0.25) is 0 Å². The largest absolute Gasteiger partial charge is 0.338 e. The van der Waals surface area contributed by atoms with E-state index in [2.05, 4.69) is 60.9 Å². The third kappa shape index (κ3) is 2.28. The van der Waals surface area contributed by atoms with Crippen LogP contribution in [0, 0.1) is 0 Å². The molecule has 0 aliphatic heterocycles. The SMILES string of the molecule is CC(C)n1c2ccccc2c2cc(C3(CN)CCCCC3)ccc21. The van der Waals surface area contributed by atoms with E-state index in [1.807, 2.05) is 0 Å². The van der Waals surface area contributed by atoms with Gasteiger partial charge in [0.25, 0.3) is 0 Å². The Morgan fingerprint density at radius 3 is 2.38 bits per heavy atom. The number of benzene rings is 2. The van der Waals surface area contributed by atoms with E-state index in [-0.39, 0.29) is 5.41 Å². The van der Waals surface area contributed by atoms with Crippen LogP contribution >= 0.6 is 0 Å². The van der Waals surface area contributed by atoms with E-state index in [0.717, 1.165) is 6.54 Å². The van der Waals surface area contributed by atoms with Crippen LogP contribution in [0.4, 0.5) is 0 Å². The first kappa shape index (κ1) is 15.7. The lowest BCUT2D eigenvalue weighted by molar-refractivity contribution is 0.301. The van der Waals surface area contributed by atoms with E-state index in [9.17, 15) is 0 Å². The summed E-state index contributed by atoms with van der Waals surface area (Å²) >= 11 is 0. The van der Waals surface area contributed by atoms with Gasteiger partial charge >= 0.3 is 0 Å². The van der Waals surface area contributed by atoms with Gasteiger partial charge in [0.05, 0.1) is 0 Å². The third-order valence-corrected chi connectivity index (χ3v) is 6.04. The fraction of sp³-hybridized carbons (Fsp3) is 0.455. The van der Waals surface area contributed by atoms with E-state index >= 15 is 0 Å². The first-order chi connectivity index (χ1) is 11.7. The Morgan fingerprint density at radius 1 is 0.958 bits per heavy atom. The summed E-state index contributed by atoms with van der Waals surface area (Å²) in [5.41, 5.74) is 10.6. The number of fused-ring (bicyclic) bond motifs is 3. The maximum absolute atomic E-state index is 6.28. The van der Waals surface area contributed by atoms with E-state index in [0.29, 0.717) is 6.04 Å². The highest BCUT2D eigenvalue weighted by Gasteiger charge is 2.32. The summed E-state index contributed by atoms with van der Waals surface area (Å²) in [7, 11) is 0. The molecule has 1 saturated carbocycles. The fourth-order valence-corrected chi connectivity index (χ4v) is 4.73. The van der Waals surface area contributed by atoms with Crippen LogP contribution in [0.1, 0.15) is 57.6 Å². The zero-order valence-electron chi connectivity index (χ0n) is 14.9. The second-order valence-corrected chi connectivity index (χ2v) is 7.76. The topological polar surface area (TPSA) is 30.9 Å². The van der Waals surface area contributed by atoms with Crippen LogP contribution in [0.2, 0.25) is 0 Å². The average Bonchev–Trinajstić information content (AvgIpc) is 2.96. The first-order valence-electron chi connectivity index (χ1n) is 9.39.